The first-order valence-electron chi connectivity index (χ1n) is 7.49. The third-order valence-electron chi connectivity index (χ3n) is 4.23. The molecule has 0 bridgehead atoms. The first kappa shape index (κ1) is 17.0. The molecule has 1 aromatic carbocycles. The molecule has 1 fully saturated rings. The molecule has 2 rings (SSSR count). The minimum Gasteiger partial charge on any atom is -0.478 e. The fourth-order valence-corrected chi connectivity index (χ4v) is 2.84. The van der Waals surface area contributed by atoms with Crippen LogP contribution in [0.4, 0.5) is 11.4 Å². The van der Waals surface area contributed by atoms with Gasteiger partial charge in [0.15, 0.2) is 0 Å². The lowest BCUT2D eigenvalue weighted by molar-refractivity contribution is -0.384. The molecular weight excluding hydrogens is 298 g/mol. The van der Waals surface area contributed by atoms with E-state index in [1.165, 1.54) is 12.1 Å². The zero-order valence-corrected chi connectivity index (χ0v) is 13.3. The summed E-state index contributed by atoms with van der Waals surface area (Å²) in [6.07, 6.45) is 4.25. The van der Waals surface area contributed by atoms with Crippen LogP contribution in [0.15, 0.2) is 24.3 Å². The van der Waals surface area contributed by atoms with Crippen LogP contribution in [0.2, 0.25) is 0 Å². The number of anilines is 1. The zero-order chi connectivity index (χ0) is 17.0. The number of nitrogens with zero attached hydrogens (tertiary/aromatic N) is 3. The topological polar surface area (TPSA) is 86.9 Å². The fourth-order valence-electron chi connectivity index (χ4n) is 2.84. The normalized spacial score (nSPS) is 16.6. The van der Waals surface area contributed by atoms with Crippen LogP contribution < -0.4 is 4.90 Å². The van der Waals surface area contributed by atoms with Crippen LogP contribution >= 0.6 is 0 Å². The Kier molecular flexibility index (Phi) is 5.33. The van der Waals surface area contributed by atoms with Gasteiger partial charge in [0, 0.05) is 25.2 Å². The molecule has 1 N–H and O–H groups in total. The van der Waals surface area contributed by atoms with E-state index in [4.69, 9.17) is 5.11 Å². The molecule has 7 nitrogen and oxygen atoms in total. The highest BCUT2D eigenvalue weighted by molar-refractivity contribution is 5.85. The van der Waals surface area contributed by atoms with Crippen molar-refractivity contribution in [3.05, 3.63) is 40.0 Å². The summed E-state index contributed by atoms with van der Waals surface area (Å²) in [5.74, 6) is -1.08. The maximum atomic E-state index is 11.4. The molecule has 1 saturated heterocycles. The van der Waals surface area contributed by atoms with Gasteiger partial charge in [0.1, 0.15) is 5.69 Å². The second kappa shape index (κ2) is 7.23. The number of benzene rings is 1. The summed E-state index contributed by atoms with van der Waals surface area (Å²) in [5.41, 5.74) is 1.07. The Labute approximate surface area is 135 Å². The van der Waals surface area contributed by atoms with Crippen LogP contribution in [0.1, 0.15) is 18.4 Å². The predicted molar refractivity (Wildman–Crippen MR) is 88.7 cm³/mol. The van der Waals surface area contributed by atoms with Gasteiger partial charge in [-0.05, 0) is 50.7 Å². The number of carbonyl (C=O) groups is 1. The molecule has 7 heteroatoms. The van der Waals surface area contributed by atoms with E-state index in [0.717, 1.165) is 32.0 Å². The minimum atomic E-state index is -1.08. The average Bonchev–Trinajstić information content (AvgIpc) is 2.52. The minimum absolute atomic E-state index is 0.000957. The number of nitro groups is 1. The lowest BCUT2D eigenvalue weighted by atomic mass is 10.0. The number of hydrogen-bond acceptors (Lipinski definition) is 5. The molecular formula is C16H21N3O4. The molecule has 0 aromatic heterocycles. The first-order chi connectivity index (χ1) is 10.9. The molecule has 124 valence electrons. The third-order valence-corrected chi connectivity index (χ3v) is 4.23. The third kappa shape index (κ3) is 4.29. The number of piperidine rings is 1. The van der Waals surface area contributed by atoms with Gasteiger partial charge < -0.3 is 14.9 Å². The molecule has 0 unspecified atom stereocenters. The Morgan fingerprint density at radius 2 is 2.09 bits per heavy atom. The largest absolute Gasteiger partial charge is 0.478 e. The second-order valence-electron chi connectivity index (χ2n) is 5.82. The Morgan fingerprint density at radius 3 is 2.65 bits per heavy atom. The van der Waals surface area contributed by atoms with Crippen molar-refractivity contribution in [3.63, 3.8) is 0 Å². The highest BCUT2D eigenvalue weighted by Crippen LogP contribution is 2.32. The second-order valence-corrected chi connectivity index (χ2v) is 5.82. The van der Waals surface area contributed by atoms with Gasteiger partial charge in [-0.25, -0.2) is 4.79 Å². The molecule has 0 amide bonds. The Bertz CT molecular complexity index is 622. The van der Waals surface area contributed by atoms with Crippen LogP contribution in [0.5, 0.6) is 0 Å². The highest BCUT2D eigenvalue weighted by atomic mass is 16.6. The van der Waals surface area contributed by atoms with Gasteiger partial charge in [0.25, 0.3) is 5.69 Å². The molecule has 1 aromatic rings. The number of hydrogen-bond donors (Lipinski definition) is 1. The Hall–Kier alpha value is -2.41. The molecule has 1 aliphatic heterocycles. The number of carboxylic acid groups (broad SMARTS) is 1. The van der Waals surface area contributed by atoms with E-state index < -0.39 is 10.9 Å². The van der Waals surface area contributed by atoms with Crippen molar-refractivity contribution < 1.29 is 14.8 Å². The van der Waals surface area contributed by atoms with E-state index in [-0.39, 0.29) is 11.7 Å². The summed E-state index contributed by atoms with van der Waals surface area (Å²) in [4.78, 5) is 25.7. The summed E-state index contributed by atoms with van der Waals surface area (Å²) in [5, 5.41) is 20.0. The highest BCUT2D eigenvalue weighted by Gasteiger charge is 2.25. The molecule has 23 heavy (non-hydrogen) atoms. The van der Waals surface area contributed by atoms with E-state index in [1.54, 1.807) is 12.1 Å². The van der Waals surface area contributed by atoms with E-state index in [1.807, 2.05) is 11.9 Å². The van der Waals surface area contributed by atoms with Gasteiger partial charge in [-0.3, -0.25) is 10.1 Å². The molecule has 0 atom stereocenters. The zero-order valence-electron chi connectivity index (χ0n) is 13.3. The first-order valence-corrected chi connectivity index (χ1v) is 7.49. The molecule has 0 spiro atoms. The molecule has 0 radical (unpaired) electrons. The van der Waals surface area contributed by atoms with Crippen LogP contribution in [-0.4, -0.2) is 54.1 Å². The standard InChI is InChI=1S/C16H21N3O4/c1-17-9-7-13(8-10-17)18(2)14-5-3-12(4-6-16(20)21)11-15(14)19(22)23/h3-6,11,13H,7-10H2,1-2H3,(H,20,21)/b6-4+. The number of aliphatic carboxylic acids is 1. The van der Waals surface area contributed by atoms with E-state index in [9.17, 15) is 14.9 Å². The summed E-state index contributed by atoms with van der Waals surface area (Å²) in [7, 11) is 3.95. The van der Waals surface area contributed by atoms with Crippen molar-refractivity contribution in [2.45, 2.75) is 18.9 Å². The molecule has 0 aliphatic carbocycles. The summed E-state index contributed by atoms with van der Waals surface area (Å²) >= 11 is 0. The molecule has 0 saturated carbocycles. The van der Waals surface area contributed by atoms with E-state index in [2.05, 4.69) is 11.9 Å². The maximum absolute atomic E-state index is 11.4. The van der Waals surface area contributed by atoms with Gasteiger partial charge in [-0.15, -0.1) is 0 Å². The monoisotopic (exact) mass is 319 g/mol. The molecule has 1 heterocycles. The van der Waals surface area contributed by atoms with Crippen molar-refractivity contribution in [1.82, 2.24) is 4.90 Å². The van der Waals surface area contributed by atoms with Crippen LogP contribution in [0.3, 0.4) is 0 Å². The van der Waals surface area contributed by atoms with Crippen molar-refractivity contribution in [2.24, 2.45) is 0 Å². The SMILES string of the molecule is CN1CCC(N(C)c2ccc(/C=C/C(=O)O)cc2[N+](=O)[O-])CC1. The van der Waals surface area contributed by atoms with Gasteiger partial charge in [0.2, 0.25) is 0 Å². The van der Waals surface area contributed by atoms with Gasteiger partial charge in [-0.1, -0.05) is 6.07 Å². The summed E-state index contributed by atoms with van der Waals surface area (Å²) < 4.78 is 0. The van der Waals surface area contributed by atoms with Gasteiger partial charge in [-0.2, -0.15) is 0 Å². The lowest BCUT2D eigenvalue weighted by Gasteiger charge is -2.36. The number of carboxylic acids is 1. The maximum Gasteiger partial charge on any atom is 0.328 e. The van der Waals surface area contributed by atoms with Crippen LogP contribution in [-0.2, 0) is 4.79 Å². The fraction of sp³-hybridized carbons (Fsp3) is 0.438. The van der Waals surface area contributed by atoms with Crippen molar-refractivity contribution in [3.8, 4) is 0 Å². The van der Waals surface area contributed by atoms with Crippen molar-refractivity contribution in [1.29, 1.82) is 0 Å². The quantitative estimate of drug-likeness (QED) is 0.509. The number of likely N-dealkylation sites (tertiary alicyclic amines) is 1. The summed E-state index contributed by atoms with van der Waals surface area (Å²) in [6, 6.07) is 5.08. The average molecular weight is 319 g/mol. The van der Waals surface area contributed by atoms with Gasteiger partial charge >= 0.3 is 5.97 Å². The summed E-state index contributed by atoms with van der Waals surface area (Å²) in [6.45, 7) is 1.95. The lowest BCUT2D eigenvalue weighted by Crippen LogP contribution is -2.42. The Balaban J connectivity index is 2.26. The van der Waals surface area contributed by atoms with Crippen molar-refractivity contribution >= 4 is 23.4 Å². The number of nitro benzene ring substituents is 1. The molecule has 1 aliphatic rings. The van der Waals surface area contributed by atoms with E-state index in [0.29, 0.717) is 11.3 Å². The Morgan fingerprint density at radius 1 is 1.43 bits per heavy atom. The van der Waals surface area contributed by atoms with Crippen LogP contribution in [0.25, 0.3) is 6.08 Å². The van der Waals surface area contributed by atoms with Crippen molar-refractivity contribution in [2.75, 3.05) is 32.1 Å². The number of rotatable bonds is 5. The predicted octanol–water partition coefficient (Wildman–Crippen LogP) is 2.22. The van der Waals surface area contributed by atoms with Crippen LogP contribution in [0, 0.1) is 10.1 Å². The van der Waals surface area contributed by atoms with E-state index >= 15 is 0 Å². The smallest absolute Gasteiger partial charge is 0.328 e. The van der Waals surface area contributed by atoms with Gasteiger partial charge in [0.05, 0.1) is 4.92 Å².